The van der Waals surface area contributed by atoms with E-state index in [1.807, 2.05) is 12.3 Å². The highest BCUT2D eigenvalue weighted by atomic mass is 35.5. The second kappa shape index (κ2) is 11.0. The molecule has 3 rings (SSSR count). The molecule has 0 unspecified atom stereocenters. The molecule has 1 aliphatic heterocycles. The molecule has 4 N–H and O–H groups in total. The van der Waals surface area contributed by atoms with Crippen molar-refractivity contribution in [3.05, 3.63) is 50.4 Å². The van der Waals surface area contributed by atoms with Crippen LogP contribution in [-0.2, 0) is 17.6 Å². The van der Waals surface area contributed by atoms with Gasteiger partial charge in [-0.3, -0.25) is 0 Å². The average Bonchev–Trinajstić information content (AvgIpc) is 3.19. The van der Waals surface area contributed by atoms with Crippen molar-refractivity contribution in [2.24, 2.45) is 0 Å². The van der Waals surface area contributed by atoms with E-state index in [1.165, 1.54) is 30.6 Å². The van der Waals surface area contributed by atoms with Crippen molar-refractivity contribution < 1.29 is 25.2 Å². The van der Waals surface area contributed by atoms with Crippen molar-refractivity contribution in [2.45, 2.75) is 76.0 Å². The number of hydrogen-bond donors (Lipinski definition) is 4. The van der Waals surface area contributed by atoms with Gasteiger partial charge in [0.05, 0.1) is 11.6 Å². The van der Waals surface area contributed by atoms with E-state index in [0.29, 0.717) is 17.0 Å². The SMILES string of the molecule is CCCCCCc1cnc(Cc2cc([C@@H]3O[C@H](CO)[C@@H](O)[C@H](O)[C@H]3O)ccc2Cl)s1. The number of rotatable bonds is 9. The van der Waals surface area contributed by atoms with Gasteiger partial charge in [-0.1, -0.05) is 49.9 Å². The Bertz CT molecular complexity index is 815. The van der Waals surface area contributed by atoms with Crippen LogP contribution in [0.25, 0.3) is 0 Å². The smallest absolute Gasteiger partial charge is 0.113 e. The molecule has 2 aromatic rings. The molecule has 0 amide bonds. The molecule has 2 heterocycles. The van der Waals surface area contributed by atoms with E-state index in [0.717, 1.165) is 17.0 Å². The van der Waals surface area contributed by atoms with Crippen LogP contribution in [0.1, 0.15) is 59.7 Å². The minimum Gasteiger partial charge on any atom is -0.394 e. The summed E-state index contributed by atoms with van der Waals surface area (Å²) in [5, 5.41) is 41.4. The molecular formula is C22H30ClNO5S. The van der Waals surface area contributed by atoms with Gasteiger partial charge in [0.15, 0.2) is 0 Å². The first-order valence-electron chi connectivity index (χ1n) is 10.5. The fourth-order valence-corrected chi connectivity index (χ4v) is 4.89. The standard InChI is InChI=1S/C22H30ClNO5S/c1-2-3-4-5-6-15-11-24-18(30-15)10-14-9-13(7-8-16(14)23)22-21(28)20(27)19(26)17(12-25)29-22/h7-9,11,17,19-22,25-28H,2-6,10,12H2,1H3/t17-,19-,20+,21-,22+/m1/s1. The van der Waals surface area contributed by atoms with Gasteiger partial charge in [0.1, 0.15) is 30.5 Å². The highest BCUT2D eigenvalue weighted by molar-refractivity contribution is 7.11. The van der Waals surface area contributed by atoms with Crippen LogP contribution in [0, 0.1) is 0 Å². The lowest BCUT2D eigenvalue weighted by atomic mass is 9.90. The summed E-state index contributed by atoms with van der Waals surface area (Å²) >= 11 is 8.08. The number of benzene rings is 1. The summed E-state index contributed by atoms with van der Waals surface area (Å²) in [7, 11) is 0. The lowest BCUT2D eigenvalue weighted by Gasteiger charge is -2.40. The van der Waals surface area contributed by atoms with Crippen molar-refractivity contribution in [3.63, 3.8) is 0 Å². The zero-order valence-electron chi connectivity index (χ0n) is 17.1. The lowest BCUT2D eigenvalue weighted by Crippen LogP contribution is -2.55. The number of aromatic nitrogens is 1. The van der Waals surface area contributed by atoms with E-state index >= 15 is 0 Å². The molecule has 1 aromatic heterocycles. The van der Waals surface area contributed by atoms with Gasteiger partial charge in [-0.15, -0.1) is 11.3 Å². The third kappa shape index (κ3) is 5.59. The van der Waals surface area contributed by atoms with Gasteiger partial charge in [-0.2, -0.15) is 0 Å². The lowest BCUT2D eigenvalue weighted by molar-refractivity contribution is -0.231. The molecule has 5 atom stereocenters. The topological polar surface area (TPSA) is 103 Å². The number of aliphatic hydroxyl groups is 4. The van der Waals surface area contributed by atoms with Gasteiger partial charge in [-0.25, -0.2) is 4.98 Å². The Morgan fingerprint density at radius 2 is 1.90 bits per heavy atom. The van der Waals surface area contributed by atoms with Crippen molar-refractivity contribution in [2.75, 3.05) is 6.61 Å². The van der Waals surface area contributed by atoms with E-state index in [-0.39, 0.29) is 0 Å². The maximum atomic E-state index is 10.4. The molecule has 1 saturated heterocycles. The number of aliphatic hydroxyl groups excluding tert-OH is 4. The van der Waals surface area contributed by atoms with Crippen LogP contribution in [-0.4, -0.2) is 56.4 Å². The summed E-state index contributed by atoms with van der Waals surface area (Å²) in [6.45, 7) is 1.74. The summed E-state index contributed by atoms with van der Waals surface area (Å²) in [5.41, 5.74) is 1.47. The maximum Gasteiger partial charge on any atom is 0.113 e. The number of nitrogens with zero attached hydrogens (tertiary/aromatic N) is 1. The van der Waals surface area contributed by atoms with Crippen LogP contribution in [0.5, 0.6) is 0 Å². The molecule has 166 valence electrons. The number of unbranched alkanes of at least 4 members (excludes halogenated alkanes) is 3. The second-order valence-electron chi connectivity index (χ2n) is 7.81. The van der Waals surface area contributed by atoms with Gasteiger partial charge >= 0.3 is 0 Å². The molecule has 0 radical (unpaired) electrons. The highest BCUT2D eigenvalue weighted by Crippen LogP contribution is 2.34. The molecular weight excluding hydrogens is 426 g/mol. The third-order valence-electron chi connectivity index (χ3n) is 5.51. The predicted octanol–water partition coefficient (Wildman–Crippen LogP) is 3.03. The van der Waals surface area contributed by atoms with Crippen LogP contribution < -0.4 is 0 Å². The van der Waals surface area contributed by atoms with E-state index in [4.69, 9.17) is 16.3 Å². The number of thiazole rings is 1. The Balaban J connectivity index is 1.72. The van der Waals surface area contributed by atoms with E-state index in [1.54, 1.807) is 23.5 Å². The molecule has 8 heteroatoms. The first kappa shape index (κ1) is 23.6. The third-order valence-corrected chi connectivity index (χ3v) is 6.94. The highest BCUT2D eigenvalue weighted by Gasteiger charge is 2.44. The Hall–Kier alpha value is -1.06. The Labute approximate surface area is 186 Å². The maximum absolute atomic E-state index is 10.4. The molecule has 0 spiro atoms. The van der Waals surface area contributed by atoms with Crippen molar-refractivity contribution in [1.29, 1.82) is 0 Å². The Kier molecular flexibility index (Phi) is 8.65. The van der Waals surface area contributed by atoms with E-state index in [9.17, 15) is 20.4 Å². The van der Waals surface area contributed by atoms with Gasteiger partial charge in [0, 0.05) is 22.5 Å². The largest absolute Gasteiger partial charge is 0.394 e. The van der Waals surface area contributed by atoms with Gasteiger partial charge in [0.2, 0.25) is 0 Å². The molecule has 0 aliphatic carbocycles. The van der Waals surface area contributed by atoms with Crippen LogP contribution in [0.2, 0.25) is 5.02 Å². The monoisotopic (exact) mass is 455 g/mol. The second-order valence-corrected chi connectivity index (χ2v) is 9.42. The fraction of sp³-hybridized carbons (Fsp3) is 0.591. The van der Waals surface area contributed by atoms with Gasteiger partial charge in [-0.05, 0) is 30.0 Å². The minimum absolute atomic E-state index is 0.456. The number of halogens is 1. The summed E-state index contributed by atoms with van der Waals surface area (Å²) in [4.78, 5) is 5.80. The zero-order chi connectivity index (χ0) is 21.7. The van der Waals surface area contributed by atoms with Gasteiger partial charge in [0.25, 0.3) is 0 Å². The molecule has 1 aromatic carbocycles. The summed E-state index contributed by atoms with van der Waals surface area (Å²) in [6.07, 6.45) is 2.49. The van der Waals surface area contributed by atoms with Crippen LogP contribution in [0.3, 0.4) is 0 Å². The Morgan fingerprint density at radius 1 is 1.10 bits per heavy atom. The van der Waals surface area contributed by atoms with Crippen molar-refractivity contribution in [3.8, 4) is 0 Å². The number of hydrogen-bond acceptors (Lipinski definition) is 7. The first-order chi connectivity index (χ1) is 14.4. The predicted molar refractivity (Wildman–Crippen MR) is 117 cm³/mol. The molecule has 6 nitrogen and oxygen atoms in total. The van der Waals surface area contributed by atoms with Crippen molar-refractivity contribution >= 4 is 22.9 Å². The summed E-state index contributed by atoms with van der Waals surface area (Å²) < 4.78 is 5.66. The van der Waals surface area contributed by atoms with Crippen LogP contribution in [0.15, 0.2) is 24.4 Å². The normalized spacial score (nSPS) is 26.8. The fourth-order valence-electron chi connectivity index (χ4n) is 3.72. The molecule has 0 saturated carbocycles. The van der Waals surface area contributed by atoms with Crippen LogP contribution in [0.4, 0.5) is 0 Å². The number of aryl methyl sites for hydroxylation is 1. The van der Waals surface area contributed by atoms with E-state index in [2.05, 4.69) is 11.9 Å². The van der Waals surface area contributed by atoms with Crippen LogP contribution >= 0.6 is 22.9 Å². The average molecular weight is 456 g/mol. The minimum atomic E-state index is -1.41. The van der Waals surface area contributed by atoms with E-state index < -0.39 is 37.1 Å². The summed E-state index contributed by atoms with van der Waals surface area (Å²) in [6, 6.07) is 5.28. The number of ether oxygens (including phenoxy) is 1. The first-order valence-corrected chi connectivity index (χ1v) is 11.7. The molecule has 1 fully saturated rings. The Morgan fingerprint density at radius 3 is 2.63 bits per heavy atom. The van der Waals surface area contributed by atoms with Crippen molar-refractivity contribution in [1.82, 2.24) is 4.98 Å². The summed E-state index contributed by atoms with van der Waals surface area (Å²) in [5.74, 6) is 0. The molecule has 1 aliphatic rings. The molecule has 0 bridgehead atoms. The quantitative estimate of drug-likeness (QED) is 0.433. The molecule has 30 heavy (non-hydrogen) atoms. The zero-order valence-corrected chi connectivity index (χ0v) is 18.6. The van der Waals surface area contributed by atoms with Gasteiger partial charge < -0.3 is 25.2 Å².